The van der Waals surface area contributed by atoms with Gasteiger partial charge in [-0.25, -0.2) is 19.7 Å². The molecule has 6 nitrogen and oxygen atoms in total. The lowest BCUT2D eigenvalue weighted by Gasteiger charge is -2.11. The summed E-state index contributed by atoms with van der Waals surface area (Å²) in [6.07, 6.45) is 1.38. The number of rotatable bonds is 3. The first-order chi connectivity index (χ1) is 13.0. The number of nitrogens with zero attached hydrogens (tertiary/aromatic N) is 3. The van der Waals surface area contributed by atoms with Crippen LogP contribution < -0.4 is 5.73 Å². The van der Waals surface area contributed by atoms with Gasteiger partial charge in [-0.3, -0.25) is 0 Å². The molecular weight excluding hydrogens is 408 g/mol. The number of fused-ring (bicyclic) bond motifs is 1. The van der Waals surface area contributed by atoms with Gasteiger partial charge in [0.1, 0.15) is 12.1 Å². The molecule has 0 atom stereocenters. The van der Waals surface area contributed by atoms with Crippen molar-refractivity contribution in [2.24, 2.45) is 0 Å². The van der Waals surface area contributed by atoms with Crippen LogP contribution in [0.4, 0.5) is 5.82 Å². The van der Waals surface area contributed by atoms with E-state index in [4.69, 9.17) is 10.8 Å². The van der Waals surface area contributed by atoms with E-state index >= 15 is 0 Å². The van der Waals surface area contributed by atoms with E-state index in [1.54, 1.807) is 24.3 Å². The van der Waals surface area contributed by atoms with Gasteiger partial charge in [-0.2, -0.15) is 0 Å². The van der Waals surface area contributed by atoms with Gasteiger partial charge in [0, 0.05) is 10.0 Å². The van der Waals surface area contributed by atoms with E-state index in [1.165, 1.54) is 6.33 Å². The largest absolute Gasteiger partial charge is 0.478 e. The molecule has 2 heterocycles. The summed E-state index contributed by atoms with van der Waals surface area (Å²) in [5.41, 5.74) is 10.1. The van der Waals surface area contributed by atoms with Gasteiger partial charge in [-0.1, -0.05) is 40.2 Å². The summed E-state index contributed by atoms with van der Waals surface area (Å²) in [6.45, 7) is 0. The highest BCUT2D eigenvalue weighted by Gasteiger charge is 2.14. The number of anilines is 1. The van der Waals surface area contributed by atoms with Crippen LogP contribution in [0.25, 0.3) is 33.4 Å². The van der Waals surface area contributed by atoms with Crippen molar-refractivity contribution < 1.29 is 9.90 Å². The second kappa shape index (κ2) is 6.77. The van der Waals surface area contributed by atoms with E-state index < -0.39 is 5.97 Å². The highest BCUT2D eigenvalue weighted by Crippen LogP contribution is 2.34. The number of benzene rings is 2. The Labute approximate surface area is 162 Å². The van der Waals surface area contributed by atoms with E-state index in [9.17, 15) is 4.79 Å². The molecule has 0 radical (unpaired) electrons. The van der Waals surface area contributed by atoms with Crippen LogP contribution in [-0.2, 0) is 0 Å². The molecule has 7 heteroatoms. The molecule has 0 aliphatic carbocycles. The minimum atomic E-state index is -0.969. The molecule has 4 rings (SSSR count). The van der Waals surface area contributed by atoms with Crippen LogP contribution in [0.3, 0.4) is 0 Å². The van der Waals surface area contributed by atoms with Gasteiger partial charge < -0.3 is 10.8 Å². The zero-order valence-electron chi connectivity index (χ0n) is 13.9. The fraction of sp³-hybridized carbons (Fsp3) is 0. The van der Waals surface area contributed by atoms with Gasteiger partial charge >= 0.3 is 5.97 Å². The molecule has 2 aromatic heterocycles. The van der Waals surface area contributed by atoms with Crippen molar-refractivity contribution in [3.05, 3.63) is 71.0 Å². The van der Waals surface area contributed by atoms with Gasteiger partial charge in [-0.15, -0.1) is 0 Å². The zero-order valence-corrected chi connectivity index (χ0v) is 15.5. The molecule has 0 fully saturated rings. The standard InChI is InChI=1S/C20H13BrN4O2/c21-14-3-1-2-13(8-14)15-9-16(11-4-6-12(7-5-11)20(26)27)25-19-17(15)18(22)23-10-24-19/h1-10H,(H,26,27)(H2,22,23,24,25). The maximum atomic E-state index is 11.1. The number of pyridine rings is 1. The highest BCUT2D eigenvalue weighted by molar-refractivity contribution is 9.10. The molecule has 0 saturated carbocycles. The first-order valence-electron chi connectivity index (χ1n) is 8.04. The Bertz CT molecular complexity index is 1180. The number of carbonyl (C=O) groups is 1. The average molecular weight is 421 g/mol. The van der Waals surface area contributed by atoms with Crippen LogP contribution in [0.1, 0.15) is 10.4 Å². The van der Waals surface area contributed by atoms with Crippen LogP contribution in [-0.4, -0.2) is 26.0 Å². The number of nitrogen functional groups attached to an aromatic ring is 1. The Morgan fingerprint density at radius 3 is 2.48 bits per heavy atom. The number of hydrogen-bond acceptors (Lipinski definition) is 5. The number of aromatic carboxylic acids is 1. The van der Waals surface area contributed by atoms with E-state index in [-0.39, 0.29) is 5.56 Å². The van der Waals surface area contributed by atoms with Gasteiger partial charge in [-0.05, 0) is 41.5 Å². The lowest BCUT2D eigenvalue weighted by Crippen LogP contribution is -1.99. The SMILES string of the molecule is Nc1ncnc2nc(-c3ccc(C(=O)O)cc3)cc(-c3cccc(Br)c3)c12. The molecule has 0 bridgehead atoms. The smallest absolute Gasteiger partial charge is 0.335 e. The molecular formula is C20H13BrN4O2. The Kier molecular flexibility index (Phi) is 4.29. The van der Waals surface area contributed by atoms with Crippen molar-refractivity contribution in [2.75, 3.05) is 5.73 Å². The normalized spacial score (nSPS) is 10.9. The van der Waals surface area contributed by atoms with Crippen LogP contribution in [0.2, 0.25) is 0 Å². The van der Waals surface area contributed by atoms with Gasteiger partial charge in [0.25, 0.3) is 0 Å². The van der Waals surface area contributed by atoms with Crippen molar-refractivity contribution in [1.29, 1.82) is 0 Å². The lowest BCUT2D eigenvalue weighted by molar-refractivity contribution is 0.0697. The summed E-state index contributed by atoms with van der Waals surface area (Å²) in [4.78, 5) is 24.1. The third kappa shape index (κ3) is 3.24. The predicted octanol–water partition coefficient (Wildman–Crippen LogP) is 4.40. The highest BCUT2D eigenvalue weighted by atomic mass is 79.9. The number of halogens is 1. The van der Waals surface area contributed by atoms with Crippen LogP contribution in [0, 0.1) is 0 Å². The number of carboxylic acid groups (broad SMARTS) is 1. The fourth-order valence-electron chi connectivity index (χ4n) is 2.90. The van der Waals surface area contributed by atoms with Crippen LogP contribution in [0.5, 0.6) is 0 Å². The molecule has 27 heavy (non-hydrogen) atoms. The molecule has 0 amide bonds. The van der Waals surface area contributed by atoms with Crippen molar-refractivity contribution in [3.63, 3.8) is 0 Å². The second-order valence-electron chi connectivity index (χ2n) is 5.91. The number of carboxylic acids is 1. The van der Waals surface area contributed by atoms with E-state index in [0.717, 1.165) is 21.2 Å². The van der Waals surface area contributed by atoms with Crippen LogP contribution >= 0.6 is 15.9 Å². The van der Waals surface area contributed by atoms with Gasteiger partial charge in [0.2, 0.25) is 0 Å². The van der Waals surface area contributed by atoms with E-state index in [2.05, 4.69) is 30.9 Å². The quantitative estimate of drug-likeness (QED) is 0.509. The molecule has 3 N–H and O–H groups in total. The molecule has 0 unspecified atom stereocenters. The van der Waals surface area contributed by atoms with E-state index in [1.807, 2.05) is 30.3 Å². The molecule has 0 aliphatic heterocycles. The minimum absolute atomic E-state index is 0.221. The Balaban J connectivity index is 1.97. The van der Waals surface area contributed by atoms with Crippen LogP contribution in [0.15, 0.2) is 65.4 Å². The summed E-state index contributed by atoms with van der Waals surface area (Å²) >= 11 is 3.49. The maximum Gasteiger partial charge on any atom is 0.335 e. The van der Waals surface area contributed by atoms with Gasteiger partial charge in [0.05, 0.1) is 16.6 Å². The first kappa shape index (κ1) is 17.1. The molecule has 0 saturated heterocycles. The molecule has 0 spiro atoms. The summed E-state index contributed by atoms with van der Waals surface area (Å²) < 4.78 is 0.938. The third-order valence-corrected chi connectivity index (χ3v) is 4.69. The van der Waals surface area contributed by atoms with Crippen molar-refractivity contribution in [2.45, 2.75) is 0 Å². The summed E-state index contributed by atoms with van der Waals surface area (Å²) in [6, 6.07) is 16.3. The average Bonchev–Trinajstić information content (AvgIpc) is 2.67. The molecule has 132 valence electrons. The Morgan fingerprint density at radius 1 is 1.00 bits per heavy atom. The zero-order chi connectivity index (χ0) is 19.0. The molecule has 0 aliphatic rings. The first-order valence-corrected chi connectivity index (χ1v) is 8.83. The summed E-state index contributed by atoms with van der Waals surface area (Å²) in [5.74, 6) is -0.612. The number of hydrogen-bond donors (Lipinski definition) is 2. The summed E-state index contributed by atoms with van der Waals surface area (Å²) in [7, 11) is 0. The Morgan fingerprint density at radius 2 is 1.78 bits per heavy atom. The van der Waals surface area contributed by atoms with Crippen molar-refractivity contribution in [3.8, 4) is 22.4 Å². The van der Waals surface area contributed by atoms with Crippen molar-refractivity contribution >= 4 is 38.8 Å². The number of nitrogens with two attached hydrogens (primary N) is 1. The van der Waals surface area contributed by atoms with E-state index in [0.29, 0.717) is 22.5 Å². The summed E-state index contributed by atoms with van der Waals surface area (Å²) in [5, 5.41) is 9.77. The number of aromatic nitrogens is 3. The Hall–Kier alpha value is -3.32. The maximum absolute atomic E-state index is 11.1. The third-order valence-electron chi connectivity index (χ3n) is 4.20. The monoisotopic (exact) mass is 420 g/mol. The minimum Gasteiger partial charge on any atom is -0.478 e. The molecule has 4 aromatic rings. The lowest BCUT2D eigenvalue weighted by atomic mass is 9.99. The van der Waals surface area contributed by atoms with Crippen molar-refractivity contribution in [1.82, 2.24) is 15.0 Å². The second-order valence-corrected chi connectivity index (χ2v) is 6.82. The van der Waals surface area contributed by atoms with Gasteiger partial charge in [0.15, 0.2) is 5.65 Å². The fourth-order valence-corrected chi connectivity index (χ4v) is 3.30. The predicted molar refractivity (Wildman–Crippen MR) is 107 cm³/mol. The molecule has 2 aromatic carbocycles. The topological polar surface area (TPSA) is 102 Å².